The molecule has 0 aliphatic heterocycles. The number of carbonyl (C=O) groups is 3. The molecule has 3 rings (SSSR count). The number of rotatable bonds is 6. The van der Waals surface area contributed by atoms with E-state index in [1.165, 1.54) is 5.56 Å². The minimum Gasteiger partial charge on any atom is -0.383 e. The number of allylic oxidation sites excluding steroid dienone is 1. The lowest BCUT2D eigenvalue weighted by molar-refractivity contribution is -0.124. The van der Waals surface area contributed by atoms with Crippen LogP contribution in [-0.4, -0.2) is 43.0 Å². The van der Waals surface area contributed by atoms with Crippen molar-refractivity contribution >= 4 is 17.5 Å². The number of amides is 1. The molecule has 0 spiro atoms. The summed E-state index contributed by atoms with van der Waals surface area (Å²) < 4.78 is 0. The molecule has 0 bridgehead atoms. The van der Waals surface area contributed by atoms with Gasteiger partial charge in [-0.1, -0.05) is 42.5 Å². The Labute approximate surface area is 171 Å². The zero-order chi connectivity index (χ0) is 20.8. The van der Waals surface area contributed by atoms with Crippen LogP contribution < -0.4 is 5.32 Å². The Morgan fingerprint density at radius 1 is 1.03 bits per heavy atom. The number of benzene rings is 2. The highest BCUT2D eigenvalue weighted by Crippen LogP contribution is 2.32. The maximum atomic E-state index is 12.5. The number of hydrogen-bond donors (Lipinski definition) is 1. The third kappa shape index (κ3) is 5.41. The Morgan fingerprint density at radius 2 is 1.72 bits per heavy atom. The van der Waals surface area contributed by atoms with Crippen molar-refractivity contribution in [3.63, 3.8) is 0 Å². The molecule has 1 saturated carbocycles. The van der Waals surface area contributed by atoms with Crippen LogP contribution in [-0.2, 0) is 16.0 Å². The lowest BCUT2D eigenvalue weighted by Gasteiger charge is -2.23. The van der Waals surface area contributed by atoms with E-state index in [1.54, 1.807) is 37.3 Å². The molecule has 1 fully saturated rings. The third-order valence-corrected chi connectivity index (χ3v) is 5.01. The standard InChI is InChI=1S/C24H26N2O3/c1-26(2)16-21-22(27)14-20(15-23(21)28)18-9-6-10-19(13-18)24(29)25-12-11-17-7-4-3-5-8-17/h3-10,13,16,20H,11-12,14-15H2,1-2H3,(H,25,29). The largest absolute Gasteiger partial charge is 0.383 e. The highest BCUT2D eigenvalue weighted by atomic mass is 16.2. The molecule has 5 nitrogen and oxygen atoms in total. The van der Waals surface area contributed by atoms with Crippen molar-refractivity contribution in [2.24, 2.45) is 0 Å². The second-order valence-corrected chi connectivity index (χ2v) is 7.57. The predicted octanol–water partition coefficient (Wildman–Crippen LogP) is 3.12. The molecular weight excluding hydrogens is 364 g/mol. The monoisotopic (exact) mass is 390 g/mol. The van der Waals surface area contributed by atoms with Gasteiger partial charge in [0.25, 0.3) is 5.91 Å². The molecule has 0 aromatic heterocycles. The molecule has 2 aromatic rings. The molecular formula is C24H26N2O3. The van der Waals surface area contributed by atoms with Crippen LogP contribution in [0.15, 0.2) is 66.4 Å². The fraction of sp³-hybridized carbons (Fsp3) is 0.292. The number of carbonyl (C=O) groups excluding carboxylic acids is 3. The summed E-state index contributed by atoms with van der Waals surface area (Å²) in [6.07, 6.45) is 2.92. The van der Waals surface area contributed by atoms with Crippen molar-refractivity contribution in [1.82, 2.24) is 10.2 Å². The van der Waals surface area contributed by atoms with E-state index < -0.39 is 0 Å². The van der Waals surface area contributed by atoms with E-state index in [-0.39, 0.29) is 41.8 Å². The van der Waals surface area contributed by atoms with Gasteiger partial charge in [-0.05, 0) is 35.6 Å². The zero-order valence-corrected chi connectivity index (χ0v) is 16.9. The molecule has 0 heterocycles. The first-order valence-electron chi connectivity index (χ1n) is 9.81. The summed E-state index contributed by atoms with van der Waals surface area (Å²) in [4.78, 5) is 39.1. The molecule has 5 heteroatoms. The minimum absolute atomic E-state index is 0.141. The van der Waals surface area contributed by atoms with Gasteiger partial charge in [0, 0.05) is 45.2 Å². The van der Waals surface area contributed by atoms with Crippen LogP contribution in [0.2, 0.25) is 0 Å². The van der Waals surface area contributed by atoms with E-state index in [0.717, 1.165) is 12.0 Å². The normalized spacial score (nSPS) is 16.5. The number of hydrogen-bond acceptors (Lipinski definition) is 4. The molecule has 150 valence electrons. The van der Waals surface area contributed by atoms with Crippen LogP contribution in [0.3, 0.4) is 0 Å². The van der Waals surface area contributed by atoms with Gasteiger partial charge in [-0.3, -0.25) is 14.4 Å². The van der Waals surface area contributed by atoms with Gasteiger partial charge in [0.05, 0.1) is 5.57 Å². The molecule has 1 aliphatic carbocycles. The molecule has 1 aliphatic rings. The summed E-state index contributed by atoms with van der Waals surface area (Å²) >= 11 is 0. The number of ketones is 2. The summed E-state index contributed by atoms with van der Waals surface area (Å²) in [5, 5.41) is 2.94. The number of nitrogens with one attached hydrogen (secondary N) is 1. The molecule has 2 aromatic carbocycles. The van der Waals surface area contributed by atoms with Gasteiger partial charge >= 0.3 is 0 Å². The van der Waals surface area contributed by atoms with Crippen LogP contribution in [0, 0.1) is 0 Å². The molecule has 0 radical (unpaired) electrons. The van der Waals surface area contributed by atoms with Gasteiger partial charge in [-0.25, -0.2) is 0 Å². The van der Waals surface area contributed by atoms with Crippen LogP contribution in [0.1, 0.15) is 40.2 Å². The first-order valence-corrected chi connectivity index (χ1v) is 9.81. The van der Waals surface area contributed by atoms with E-state index in [0.29, 0.717) is 12.1 Å². The smallest absolute Gasteiger partial charge is 0.251 e. The van der Waals surface area contributed by atoms with Gasteiger partial charge in [-0.15, -0.1) is 0 Å². The highest BCUT2D eigenvalue weighted by molar-refractivity contribution is 6.22. The molecule has 1 N–H and O–H groups in total. The number of nitrogens with zero attached hydrogens (tertiary/aromatic N) is 1. The third-order valence-electron chi connectivity index (χ3n) is 5.01. The van der Waals surface area contributed by atoms with E-state index in [2.05, 4.69) is 5.32 Å². The van der Waals surface area contributed by atoms with Crippen molar-refractivity contribution in [3.05, 3.63) is 83.1 Å². The molecule has 0 atom stereocenters. The van der Waals surface area contributed by atoms with E-state index >= 15 is 0 Å². The second-order valence-electron chi connectivity index (χ2n) is 7.57. The van der Waals surface area contributed by atoms with E-state index in [1.807, 2.05) is 42.5 Å². The summed E-state index contributed by atoms with van der Waals surface area (Å²) in [6, 6.07) is 17.2. The highest BCUT2D eigenvalue weighted by Gasteiger charge is 2.31. The molecule has 0 unspecified atom stereocenters. The maximum absolute atomic E-state index is 12.5. The first-order chi connectivity index (χ1) is 13.9. The lowest BCUT2D eigenvalue weighted by atomic mass is 9.80. The summed E-state index contributed by atoms with van der Waals surface area (Å²) in [7, 11) is 3.58. The van der Waals surface area contributed by atoms with Crippen molar-refractivity contribution in [2.45, 2.75) is 25.2 Å². The Balaban J connectivity index is 1.64. The predicted molar refractivity (Wildman–Crippen MR) is 113 cm³/mol. The number of Topliss-reactive ketones (excluding diaryl/α,β-unsaturated/α-hetero) is 2. The average molecular weight is 390 g/mol. The fourth-order valence-electron chi connectivity index (χ4n) is 3.53. The van der Waals surface area contributed by atoms with Crippen molar-refractivity contribution < 1.29 is 14.4 Å². The van der Waals surface area contributed by atoms with Crippen molar-refractivity contribution in [2.75, 3.05) is 20.6 Å². The quantitative estimate of drug-likeness (QED) is 0.608. The van der Waals surface area contributed by atoms with Gasteiger partial charge in [0.2, 0.25) is 0 Å². The fourth-order valence-corrected chi connectivity index (χ4v) is 3.53. The Morgan fingerprint density at radius 3 is 2.38 bits per heavy atom. The zero-order valence-electron chi connectivity index (χ0n) is 16.9. The van der Waals surface area contributed by atoms with Gasteiger partial charge < -0.3 is 10.2 Å². The first kappa shape index (κ1) is 20.5. The summed E-state index contributed by atoms with van der Waals surface area (Å²) in [6.45, 7) is 0.548. The van der Waals surface area contributed by atoms with Crippen molar-refractivity contribution in [3.8, 4) is 0 Å². The van der Waals surface area contributed by atoms with Crippen molar-refractivity contribution in [1.29, 1.82) is 0 Å². The average Bonchev–Trinajstić information content (AvgIpc) is 2.71. The molecule has 0 saturated heterocycles. The van der Waals surface area contributed by atoms with Gasteiger partial charge in [-0.2, -0.15) is 0 Å². The van der Waals surface area contributed by atoms with E-state index in [9.17, 15) is 14.4 Å². The Kier molecular flexibility index (Phi) is 6.60. The van der Waals surface area contributed by atoms with Gasteiger partial charge in [0.1, 0.15) is 0 Å². The Bertz CT molecular complexity index is 912. The topological polar surface area (TPSA) is 66.5 Å². The van der Waals surface area contributed by atoms with E-state index in [4.69, 9.17) is 0 Å². The van der Waals surface area contributed by atoms with Crippen LogP contribution >= 0.6 is 0 Å². The molecule has 1 amide bonds. The Hall–Kier alpha value is -3.21. The van der Waals surface area contributed by atoms with Crippen LogP contribution in [0.5, 0.6) is 0 Å². The van der Waals surface area contributed by atoms with Crippen LogP contribution in [0.4, 0.5) is 0 Å². The lowest BCUT2D eigenvalue weighted by Crippen LogP contribution is -2.27. The molecule has 29 heavy (non-hydrogen) atoms. The van der Waals surface area contributed by atoms with Gasteiger partial charge in [0.15, 0.2) is 11.6 Å². The summed E-state index contributed by atoms with van der Waals surface area (Å²) in [5.74, 6) is -0.619. The van der Waals surface area contributed by atoms with Crippen LogP contribution in [0.25, 0.3) is 0 Å². The minimum atomic E-state index is -0.189. The maximum Gasteiger partial charge on any atom is 0.251 e. The summed E-state index contributed by atoms with van der Waals surface area (Å²) in [5.41, 5.74) is 2.83. The SMILES string of the molecule is CN(C)C=C1C(=O)CC(c2cccc(C(=O)NCCc3ccccc3)c2)CC1=O. The second kappa shape index (κ2) is 9.32.